The number of amides is 3. The van der Waals surface area contributed by atoms with Crippen LogP contribution >= 0.6 is 0 Å². The highest BCUT2D eigenvalue weighted by atomic mass is 16.5. The van der Waals surface area contributed by atoms with E-state index < -0.39 is 23.9 Å². The topological polar surface area (TPSA) is 114 Å². The second kappa shape index (κ2) is 10.2. The van der Waals surface area contributed by atoms with Crippen molar-refractivity contribution in [2.45, 2.75) is 33.3 Å². The van der Waals surface area contributed by atoms with Crippen molar-refractivity contribution in [3.8, 4) is 5.75 Å². The van der Waals surface area contributed by atoms with Gasteiger partial charge in [-0.25, -0.2) is 0 Å². The summed E-state index contributed by atoms with van der Waals surface area (Å²) in [5.41, 5.74) is 2.65. The van der Waals surface area contributed by atoms with Gasteiger partial charge in [0.2, 0.25) is 11.8 Å². The van der Waals surface area contributed by atoms with E-state index in [0.29, 0.717) is 22.8 Å². The Balaban J connectivity index is 1.58. The van der Waals surface area contributed by atoms with Gasteiger partial charge >= 0.3 is 5.97 Å². The standard InChI is InChI=1S/C24H27N3O6/c1-14-5-10-21(32-4)20(11-14)27-13-17(12-22(27)29)24(31)33-15(2)23(30)26-19-8-6-18(7-9-19)25-16(3)28/h5-11,15,17H,12-13H2,1-4H3,(H,25,28)(H,26,30)/t15-,17-/m1/s1. The zero-order chi connectivity index (χ0) is 24.1. The monoisotopic (exact) mass is 453 g/mol. The van der Waals surface area contributed by atoms with Crippen LogP contribution in [0.4, 0.5) is 17.1 Å². The van der Waals surface area contributed by atoms with Crippen LogP contribution in [0.1, 0.15) is 25.8 Å². The molecule has 1 aliphatic heterocycles. The maximum atomic E-state index is 12.7. The molecule has 33 heavy (non-hydrogen) atoms. The summed E-state index contributed by atoms with van der Waals surface area (Å²) in [6.07, 6.45) is -1.06. The van der Waals surface area contributed by atoms with Gasteiger partial charge in [-0.2, -0.15) is 0 Å². The van der Waals surface area contributed by atoms with E-state index in [2.05, 4.69) is 10.6 Å². The van der Waals surface area contributed by atoms with Crippen molar-refractivity contribution in [2.24, 2.45) is 5.92 Å². The molecule has 2 aromatic carbocycles. The third-order valence-corrected chi connectivity index (χ3v) is 5.22. The van der Waals surface area contributed by atoms with Gasteiger partial charge in [-0.05, 0) is 55.8 Å². The number of nitrogens with zero attached hydrogens (tertiary/aromatic N) is 1. The van der Waals surface area contributed by atoms with Crippen LogP contribution in [0.5, 0.6) is 5.75 Å². The lowest BCUT2D eigenvalue weighted by molar-refractivity contribution is -0.157. The minimum Gasteiger partial charge on any atom is -0.495 e. The van der Waals surface area contributed by atoms with E-state index in [-0.39, 0.29) is 24.8 Å². The van der Waals surface area contributed by atoms with Crippen molar-refractivity contribution >= 4 is 40.8 Å². The Morgan fingerprint density at radius 3 is 2.30 bits per heavy atom. The van der Waals surface area contributed by atoms with Gasteiger partial charge in [-0.3, -0.25) is 19.2 Å². The number of nitrogens with one attached hydrogen (secondary N) is 2. The lowest BCUT2D eigenvalue weighted by Crippen LogP contribution is -2.33. The average molecular weight is 453 g/mol. The van der Waals surface area contributed by atoms with Crippen molar-refractivity contribution in [3.63, 3.8) is 0 Å². The summed E-state index contributed by atoms with van der Waals surface area (Å²) >= 11 is 0. The Labute approximate surface area is 192 Å². The first-order valence-corrected chi connectivity index (χ1v) is 10.5. The molecule has 1 heterocycles. The number of rotatable bonds is 7. The van der Waals surface area contributed by atoms with Crippen LogP contribution < -0.4 is 20.3 Å². The average Bonchev–Trinajstić information content (AvgIpc) is 3.16. The number of hydrogen-bond donors (Lipinski definition) is 2. The molecule has 0 aromatic heterocycles. The first-order valence-electron chi connectivity index (χ1n) is 10.5. The first-order chi connectivity index (χ1) is 15.7. The Bertz CT molecular complexity index is 1070. The van der Waals surface area contributed by atoms with Gasteiger partial charge in [-0.15, -0.1) is 0 Å². The van der Waals surface area contributed by atoms with Gasteiger partial charge in [0.05, 0.1) is 18.7 Å². The Morgan fingerprint density at radius 1 is 1.06 bits per heavy atom. The fourth-order valence-electron chi connectivity index (χ4n) is 3.52. The van der Waals surface area contributed by atoms with Gasteiger partial charge in [0, 0.05) is 31.3 Å². The highest BCUT2D eigenvalue weighted by molar-refractivity contribution is 6.01. The summed E-state index contributed by atoms with van der Waals surface area (Å²) in [7, 11) is 1.52. The third-order valence-electron chi connectivity index (χ3n) is 5.22. The first kappa shape index (κ1) is 23.8. The van der Waals surface area contributed by atoms with E-state index in [1.807, 2.05) is 19.1 Å². The maximum absolute atomic E-state index is 12.7. The van der Waals surface area contributed by atoms with Crippen molar-refractivity contribution in [1.29, 1.82) is 0 Å². The van der Waals surface area contributed by atoms with Crippen LogP contribution in [0.25, 0.3) is 0 Å². The molecule has 1 fully saturated rings. The van der Waals surface area contributed by atoms with Crippen molar-refractivity contribution in [3.05, 3.63) is 48.0 Å². The number of hydrogen-bond acceptors (Lipinski definition) is 6. The smallest absolute Gasteiger partial charge is 0.312 e. The number of carbonyl (C=O) groups excluding carboxylic acids is 4. The second-order valence-corrected chi connectivity index (χ2v) is 7.91. The molecule has 0 saturated carbocycles. The molecule has 0 bridgehead atoms. The van der Waals surface area contributed by atoms with Crippen LogP contribution in [-0.4, -0.2) is 43.4 Å². The molecule has 0 spiro atoms. The summed E-state index contributed by atoms with van der Waals surface area (Å²) in [5, 5.41) is 5.29. The number of aryl methyl sites for hydroxylation is 1. The molecule has 3 rings (SSSR count). The summed E-state index contributed by atoms with van der Waals surface area (Å²) in [5.74, 6) is -1.66. The van der Waals surface area contributed by atoms with Gasteiger partial charge in [-0.1, -0.05) is 6.07 Å². The highest BCUT2D eigenvalue weighted by Gasteiger charge is 2.38. The molecule has 1 saturated heterocycles. The summed E-state index contributed by atoms with van der Waals surface area (Å²) in [6.45, 7) is 4.93. The van der Waals surface area contributed by atoms with Gasteiger partial charge in [0.15, 0.2) is 6.10 Å². The van der Waals surface area contributed by atoms with Crippen molar-refractivity contribution in [1.82, 2.24) is 0 Å². The van der Waals surface area contributed by atoms with Crippen LogP contribution in [-0.2, 0) is 23.9 Å². The Hall–Kier alpha value is -3.88. The predicted octanol–water partition coefficient (Wildman–Crippen LogP) is 2.89. The molecule has 9 heteroatoms. The largest absolute Gasteiger partial charge is 0.495 e. The fraction of sp³-hybridized carbons (Fsp3) is 0.333. The number of carbonyl (C=O) groups is 4. The summed E-state index contributed by atoms with van der Waals surface area (Å²) < 4.78 is 10.7. The molecule has 0 radical (unpaired) electrons. The van der Waals surface area contributed by atoms with E-state index in [0.717, 1.165) is 5.56 Å². The second-order valence-electron chi connectivity index (χ2n) is 7.91. The van der Waals surface area contributed by atoms with E-state index in [9.17, 15) is 19.2 Å². The number of benzene rings is 2. The quantitative estimate of drug-likeness (QED) is 0.623. The molecule has 0 unspecified atom stereocenters. The van der Waals surface area contributed by atoms with E-state index in [1.165, 1.54) is 25.9 Å². The molecule has 9 nitrogen and oxygen atoms in total. The Morgan fingerprint density at radius 2 is 1.70 bits per heavy atom. The lowest BCUT2D eigenvalue weighted by atomic mass is 10.1. The fourth-order valence-corrected chi connectivity index (χ4v) is 3.52. The van der Waals surface area contributed by atoms with Crippen molar-refractivity contribution in [2.75, 3.05) is 29.2 Å². The van der Waals surface area contributed by atoms with Crippen LogP contribution in [0.15, 0.2) is 42.5 Å². The highest BCUT2D eigenvalue weighted by Crippen LogP contribution is 2.34. The summed E-state index contributed by atoms with van der Waals surface area (Å²) in [6, 6.07) is 12.0. The minimum atomic E-state index is -1.05. The number of methoxy groups -OCH3 is 1. The molecular weight excluding hydrogens is 426 g/mol. The van der Waals surface area contributed by atoms with Gasteiger partial charge in [0.25, 0.3) is 5.91 Å². The number of ether oxygens (including phenoxy) is 2. The predicted molar refractivity (Wildman–Crippen MR) is 123 cm³/mol. The Kier molecular flexibility index (Phi) is 7.32. The minimum absolute atomic E-state index is 0.00508. The molecule has 174 valence electrons. The van der Waals surface area contributed by atoms with Crippen LogP contribution in [0.2, 0.25) is 0 Å². The van der Waals surface area contributed by atoms with Gasteiger partial charge < -0.3 is 25.0 Å². The SMILES string of the molecule is COc1ccc(C)cc1N1C[C@H](C(=O)O[C@H](C)C(=O)Nc2ccc(NC(C)=O)cc2)CC1=O. The summed E-state index contributed by atoms with van der Waals surface area (Å²) in [4.78, 5) is 50.3. The zero-order valence-corrected chi connectivity index (χ0v) is 19.0. The van der Waals surface area contributed by atoms with Crippen LogP contribution in [0, 0.1) is 12.8 Å². The maximum Gasteiger partial charge on any atom is 0.312 e. The van der Waals surface area contributed by atoms with E-state index in [4.69, 9.17) is 9.47 Å². The molecule has 2 aromatic rings. The van der Waals surface area contributed by atoms with E-state index >= 15 is 0 Å². The lowest BCUT2D eigenvalue weighted by Gasteiger charge is -2.20. The zero-order valence-electron chi connectivity index (χ0n) is 19.0. The molecule has 2 N–H and O–H groups in total. The third kappa shape index (κ3) is 5.88. The van der Waals surface area contributed by atoms with E-state index in [1.54, 1.807) is 30.3 Å². The molecule has 3 amide bonds. The number of anilines is 3. The van der Waals surface area contributed by atoms with Gasteiger partial charge in [0.1, 0.15) is 5.75 Å². The van der Waals surface area contributed by atoms with Crippen molar-refractivity contribution < 1.29 is 28.7 Å². The normalized spacial score (nSPS) is 16.2. The molecular formula is C24H27N3O6. The molecule has 2 atom stereocenters. The number of esters is 1. The molecule has 0 aliphatic carbocycles. The molecule has 1 aliphatic rings. The van der Waals surface area contributed by atoms with Crippen LogP contribution in [0.3, 0.4) is 0 Å².